The first-order chi connectivity index (χ1) is 19.5. The lowest BCUT2D eigenvalue weighted by Gasteiger charge is -2.40. The second-order valence-corrected chi connectivity index (χ2v) is 12.7. The third-order valence-electron chi connectivity index (χ3n) is 7.29. The maximum Gasteiger partial charge on any atom is 0.126 e. The molecule has 0 saturated carbocycles. The summed E-state index contributed by atoms with van der Waals surface area (Å²) in [6.45, 7) is 0.716. The highest BCUT2D eigenvalue weighted by Gasteiger charge is 2.45. The van der Waals surface area contributed by atoms with Gasteiger partial charge < -0.3 is 55.1 Å². The average molecular weight is 635 g/mol. The molecule has 2 saturated heterocycles. The number of aliphatic hydroxyl groups is 8. The normalized spacial score (nSPS) is 33.8. The van der Waals surface area contributed by atoms with Crippen LogP contribution in [0.3, 0.4) is 0 Å². The van der Waals surface area contributed by atoms with Gasteiger partial charge in [0.15, 0.2) is 0 Å². The van der Waals surface area contributed by atoms with Crippen LogP contribution in [0.15, 0.2) is 29.6 Å². The summed E-state index contributed by atoms with van der Waals surface area (Å²) < 4.78 is 17.4. The number of hydrogen-bond acceptors (Lipinski definition) is 13. The molecular formula is C27H35ClO11S2. The lowest BCUT2D eigenvalue weighted by Crippen LogP contribution is -2.57. The molecule has 2 aromatic heterocycles. The van der Waals surface area contributed by atoms with Crippen LogP contribution in [0, 0.1) is 0 Å². The van der Waals surface area contributed by atoms with Crippen LogP contribution in [-0.4, -0.2) is 116 Å². The number of thiophene rings is 2. The first kappa shape index (κ1) is 32.5. The Morgan fingerprint density at radius 2 is 1.49 bits per heavy atom. The molecule has 0 amide bonds. The zero-order chi connectivity index (χ0) is 30.0. The van der Waals surface area contributed by atoms with Crippen LogP contribution in [0.4, 0.5) is 0 Å². The first-order valence-corrected chi connectivity index (χ1v) is 15.0. The van der Waals surface area contributed by atoms with E-state index in [1.54, 1.807) is 41.7 Å². The van der Waals surface area contributed by atoms with Gasteiger partial charge in [0.2, 0.25) is 0 Å². The van der Waals surface area contributed by atoms with Crippen LogP contribution in [-0.2, 0) is 15.9 Å². The molecule has 2 aliphatic heterocycles. The molecule has 3 aromatic rings. The Bertz CT molecular complexity index is 1250. The zero-order valence-electron chi connectivity index (χ0n) is 22.3. The Kier molecular flexibility index (Phi) is 11.0. The summed E-state index contributed by atoms with van der Waals surface area (Å²) in [6, 6.07) is 7.66. The molecule has 0 spiro atoms. The van der Waals surface area contributed by atoms with Gasteiger partial charge in [0.25, 0.3) is 0 Å². The van der Waals surface area contributed by atoms with Crippen molar-refractivity contribution in [2.45, 2.75) is 74.4 Å². The number of ether oxygens (including phenoxy) is 3. The van der Waals surface area contributed by atoms with Crippen molar-refractivity contribution in [3.63, 3.8) is 0 Å². The topological polar surface area (TPSA) is 190 Å². The molecule has 2 fully saturated rings. The molecule has 8 N–H and O–H groups in total. The predicted octanol–water partition coefficient (Wildman–Crippen LogP) is 0.579. The molecule has 14 heteroatoms. The molecule has 0 bridgehead atoms. The van der Waals surface area contributed by atoms with E-state index in [0.29, 0.717) is 22.8 Å². The van der Waals surface area contributed by atoms with E-state index in [1.807, 2.05) is 0 Å². The molecule has 4 heterocycles. The molecule has 1 aromatic carbocycles. The molecular weight excluding hydrogens is 600 g/mol. The zero-order valence-corrected chi connectivity index (χ0v) is 24.7. The standard InChI is InChI=1S/C20H21ClO6S2.C7H14O5/c1-26-14-7-13(21)10(5-11-4-9-2-3-28-20(9)29-11)6-12(14)19-18(25)17(24)16(23)15(8-22)27-19;1-3-5(9)7(11)6(10)4(2-8)12-3/h2-4,6-7,15-19,22-25H,5,8H2,1H3;3-11H,2H2,1H3/t15-,16-,17+,18-,19+;3-,4+,5-,6+,7+/m10/s1. The minimum atomic E-state index is -1.46. The smallest absolute Gasteiger partial charge is 0.126 e. The summed E-state index contributed by atoms with van der Waals surface area (Å²) in [6.07, 6.45) is -10.6. The van der Waals surface area contributed by atoms with E-state index in [4.69, 9.17) is 30.9 Å². The van der Waals surface area contributed by atoms with Gasteiger partial charge >= 0.3 is 0 Å². The number of benzene rings is 1. The third kappa shape index (κ3) is 6.88. The Morgan fingerprint density at radius 1 is 0.854 bits per heavy atom. The Balaban J connectivity index is 0.000000271. The summed E-state index contributed by atoms with van der Waals surface area (Å²) >= 11 is 9.88. The van der Waals surface area contributed by atoms with Gasteiger partial charge in [-0.2, -0.15) is 0 Å². The predicted molar refractivity (Wildman–Crippen MR) is 153 cm³/mol. The molecule has 0 aliphatic carbocycles. The highest BCUT2D eigenvalue weighted by atomic mass is 35.5. The fraction of sp³-hybridized carbons (Fsp3) is 0.556. The van der Waals surface area contributed by atoms with Gasteiger partial charge in [-0.05, 0) is 42.1 Å². The van der Waals surface area contributed by atoms with Crippen molar-refractivity contribution in [2.24, 2.45) is 0 Å². The number of fused-ring (bicyclic) bond motifs is 1. The quantitative estimate of drug-likeness (QED) is 0.189. The molecule has 41 heavy (non-hydrogen) atoms. The van der Waals surface area contributed by atoms with Crippen molar-refractivity contribution in [1.82, 2.24) is 0 Å². The van der Waals surface area contributed by atoms with Crippen LogP contribution in [0.25, 0.3) is 9.40 Å². The molecule has 2 aliphatic rings. The van der Waals surface area contributed by atoms with Crippen molar-refractivity contribution < 1.29 is 55.1 Å². The van der Waals surface area contributed by atoms with Gasteiger partial charge in [-0.3, -0.25) is 0 Å². The fourth-order valence-electron chi connectivity index (χ4n) is 4.89. The first-order valence-electron chi connectivity index (χ1n) is 12.9. The molecule has 0 radical (unpaired) electrons. The summed E-state index contributed by atoms with van der Waals surface area (Å²) in [7, 11) is 1.48. The van der Waals surface area contributed by atoms with Crippen molar-refractivity contribution >= 4 is 43.7 Å². The van der Waals surface area contributed by atoms with Gasteiger partial charge in [-0.15, -0.1) is 22.7 Å². The average Bonchev–Trinajstić information content (AvgIpc) is 3.56. The van der Waals surface area contributed by atoms with Crippen molar-refractivity contribution in [2.75, 3.05) is 20.3 Å². The van der Waals surface area contributed by atoms with E-state index in [1.165, 1.54) is 16.5 Å². The SMILES string of the molecule is COc1cc(Cl)c(Cc2cc3ccsc3s2)cc1[C@@H]1O[C@H](CO)[C@@H](O)[C@H](O)[C@H]1O.C[C@@H]1O[C@H](CO)[C@@H](O)[C@H](O)[C@H]1O. The molecule has 5 rings (SSSR count). The van der Waals surface area contributed by atoms with Crippen LogP contribution < -0.4 is 4.74 Å². The minimum absolute atomic E-state index is 0.366. The highest BCUT2D eigenvalue weighted by molar-refractivity contribution is 7.37. The maximum atomic E-state index is 10.5. The van der Waals surface area contributed by atoms with Gasteiger partial charge in [0, 0.05) is 27.3 Å². The van der Waals surface area contributed by atoms with Crippen molar-refractivity contribution in [1.29, 1.82) is 0 Å². The van der Waals surface area contributed by atoms with Gasteiger partial charge in [-0.25, -0.2) is 0 Å². The summed E-state index contributed by atoms with van der Waals surface area (Å²) in [4.78, 5) is 1.15. The van der Waals surface area contributed by atoms with E-state index < -0.39 is 67.6 Å². The number of hydrogen-bond donors (Lipinski definition) is 8. The summed E-state index contributed by atoms with van der Waals surface area (Å²) in [5, 5.41) is 80.3. The molecule has 228 valence electrons. The number of methoxy groups -OCH3 is 1. The lowest BCUT2D eigenvalue weighted by atomic mass is 9.90. The second-order valence-electron chi connectivity index (χ2n) is 10.0. The van der Waals surface area contributed by atoms with Gasteiger partial charge in [0.1, 0.15) is 60.7 Å². The van der Waals surface area contributed by atoms with Gasteiger partial charge in [-0.1, -0.05) is 11.6 Å². The summed E-state index contributed by atoms with van der Waals surface area (Å²) in [5.41, 5.74) is 1.33. The minimum Gasteiger partial charge on any atom is -0.496 e. The largest absolute Gasteiger partial charge is 0.496 e. The van der Waals surface area contributed by atoms with E-state index >= 15 is 0 Å². The Labute approximate surface area is 249 Å². The highest BCUT2D eigenvalue weighted by Crippen LogP contribution is 2.40. The monoisotopic (exact) mass is 634 g/mol. The number of halogens is 1. The van der Waals surface area contributed by atoms with E-state index in [0.717, 1.165) is 10.4 Å². The van der Waals surface area contributed by atoms with E-state index in [-0.39, 0.29) is 6.61 Å². The van der Waals surface area contributed by atoms with Crippen LogP contribution in [0.5, 0.6) is 5.75 Å². The van der Waals surface area contributed by atoms with Crippen LogP contribution >= 0.6 is 34.3 Å². The van der Waals surface area contributed by atoms with Gasteiger partial charge in [0.05, 0.1) is 30.4 Å². The lowest BCUT2D eigenvalue weighted by molar-refractivity contribution is -0.232. The van der Waals surface area contributed by atoms with Crippen molar-refractivity contribution in [3.05, 3.63) is 50.7 Å². The van der Waals surface area contributed by atoms with E-state index in [9.17, 15) is 35.7 Å². The summed E-state index contributed by atoms with van der Waals surface area (Å²) in [5.74, 6) is 0.398. The number of rotatable bonds is 6. The Morgan fingerprint density at radius 3 is 2.10 bits per heavy atom. The third-order valence-corrected chi connectivity index (χ3v) is 9.85. The second kappa shape index (κ2) is 13.9. The van der Waals surface area contributed by atoms with Crippen LogP contribution in [0.2, 0.25) is 5.02 Å². The molecule has 0 unspecified atom stereocenters. The van der Waals surface area contributed by atoms with Crippen molar-refractivity contribution in [3.8, 4) is 5.75 Å². The van der Waals surface area contributed by atoms with E-state index in [2.05, 4.69) is 17.5 Å². The number of aliphatic hydroxyl groups excluding tert-OH is 8. The fourth-order valence-corrected chi connectivity index (χ4v) is 7.29. The molecule has 10 atom stereocenters. The van der Waals surface area contributed by atoms with Crippen LogP contribution in [0.1, 0.15) is 29.0 Å². The Hall–Kier alpha value is -1.43. The maximum absolute atomic E-state index is 10.5. The molecule has 11 nitrogen and oxygen atoms in total.